The van der Waals surface area contributed by atoms with Crippen molar-refractivity contribution >= 4 is 11.7 Å². The fourth-order valence-corrected chi connectivity index (χ4v) is 2.01. The zero-order chi connectivity index (χ0) is 10.8. The average molecular weight is 210 g/mol. The van der Waals surface area contributed by atoms with E-state index in [-0.39, 0.29) is 17.7 Å². The molecule has 0 radical (unpaired) electrons. The third-order valence-electron chi connectivity index (χ3n) is 2.80. The standard InChI is InChI=1S/C10H14N2O3/c1-2-3-4-12-5-7-8(6-12)15-11-9(7)10(13)14/h2-3,7-8H,4-6H2,1H3,(H,13,14)/b3-2+. The lowest BCUT2D eigenvalue weighted by Crippen LogP contribution is -2.27. The number of carboxylic acids is 1. The predicted octanol–water partition coefficient (Wildman–Crippen LogP) is 0.334. The molecular formula is C10H14N2O3. The monoisotopic (exact) mass is 210 g/mol. The lowest BCUT2D eigenvalue weighted by Gasteiger charge is -2.12. The quantitative estimate of drug-likeness (QED) is 0.682. The van der Waals surface area contributed by atoms with Crippen LogP contribution < -0.4 is 0 Å². The molecule has 0 aromatic rings. The normalized spacial score (nSPS) is 30.3. The van der Waals surface area contributed by atoms with E-state index in [1.54, 1.807) is 0 Å². The molecule has 2 atom stereocenters. The van der Waals surface area contributed by atoms with E-state index < -0.39 is 5.97 Å². The Balaban J connectivity index is 1.98. The molecule has 0 amide bonds. The number of carboxylic acid groups (broad SMARTS) is 1. The summed E-state index contributed by atoms with van der Waals surface area (Å²) in [4.78, 5) is 18.1. The largest absolute Gasteiger partial charge is 0.477 e. The number of likely N-dealkylation sites (tertiary alicyclic amines) is 1. The smallest absolute Gasteiger partial charge is 0.354 e. The molecule has 1 fully saturated rings. The van der Waals surface area contributed by atoms with Crippen molar-refractivity contribution in [1.29, 1.82) is 0 Å². The highest BCUT2D eigenvalue weighted by atomic mass is 16.6. The zero-order valence-electron chi connectivity index (χ0n) is 8.59. The van der Waals surface area contributed by atoms with Crippen LogP contribution in [-0.2, 0) is 9.63 Å². The molecule has 2 aliphatic rings. The van der Waals surface area contributed by atoms with Crippen LogP contribution in [0.2, 0.25) is 0 Å². The van der Waals surface area contributed by atoms with Crippen molar-refractivity contribution in [3.63, 3.8) is 0 Å². The molecule has 1 saturated heterocycles. The molecule has 82 valence electrons. The van der Waals surface area contributed by atoms with Crippen molar-refractivity contribution in [2.75, 3.05) is 19.6 Å². The maximum atomic E-state index is 10.8. The van der Waals surface area contributed by atoms with Gasteiger partial charge in [-0.05, 0) is 6.92 Å². The fourth-order valence-electron chi connectivity index (χ4n) is 2.01. The van der Waals surface area contributed by atoms with Gasteiger partial charge >= 0.3 is 5.97 Å². The number of rotatable bonds is 3. The molecule has 0 saturated carbocycles. The van der Waals surface area contributed by atoms with Gasteiger partial charge in [-0.1, -0.05) is 17.3 Å². The highest BCUT2D eigenvalue weighted by molar-refractivity contribution is 6.36. The number of fused-ring (bicyclic) bond motifs is 1. The summed E-state index contributed by atoms with van der Waals surface area (Å²) >= 11 is 0. The fraction of sp³-hybridized carbons (Fsp3) is 0.600. The second-order valence-corrected chi connectivity index (χ2v) is 3.82. The molecule has 0 bridgehead atoms. The van der Waals surface area contributed by atoms with E-state index in [0.29, 0.717) is 0 Å². The lowest BCUT2D eigenvalue weighted by atomic mass is 10.0. The summed E-state index contributed by atoms with van der Waals surface area (Å²) in [5, 5.41) is 12.5. The van der Waals surface area contributed by atoms with Crippen LogP contribution in [0.5, 0.6) is 0 Å². The van der Waals surface area contributed by atoms with Crippen molar-refractivity contribution in [3.8, 4) is 0 Å². The summed E-state index contributed by atoms with van der Waals surface area (Å²) in [6, 6.07) is 0. The highest BCUT2D eigenvalue weighted by Crippen LogP contribution is 2.26. The van der Waals surface area contributed by atoms with Gasteiger partial charge < -0.3 is 9.94 Å². The van der Waals surface area contributed by atoms with Gasteiger partial charge in [0, 0.05) is 19.6 Å². The molecule has 0 aliphatic carbocycles. The first-order valence-electron chi connectivity index (χ1n) is 5.03. The van der Waals surface area contributed by atoms with Gasteiger partial charge in [0.05, 0.1) is 5.92 Å². The first-order chi connectivity index (χ1) is 7.22. The summed E-state index contributed by atoms with van der Waals surface area (Å²) in [7, 11) is 0. The van der Waals surface area contributed by atoms with E-state index in [4.69, 9.17) is 9.94 Å². The minimum Gasteiger partial charge on any atom is -0.477 e. The van der Waals surface area contributed by atoms with Crippen LogP contribution in [0.1, 0.15) is 6.92 Å². The van der Waals surface area contributed by atoms with Crippen molar-refractivity contribution in [3.05, 3.63) is 12.2 Å². The zero-order valence-corrected chi connectivity index (χ0v) is 8.59. The SMILES string of the molecule is C/C=C/CN1CC2ON=C(C(=O)O)C2C1. The lowest BCUT2D eigenvalue weighted by molar-refractivity contribution is -0.129. The van der Waals surface area contributed by atoms with E-state index in [1.165, 1.54) is 0 Å². The van der Waals surface area contributed by atoms with Crippen LogP contribution in [0.4, 0.5) is 0 Å². The number of nitrogens with zero attached hydrogens (tertiary/aromatic N) is 2. The number of aliphatic carboxylic acids is 1. The number of carbonyl (C=O) groups is 1. The maximum Gasteiger partial charge on any atom is 0.354 e. The molecular weight excluding hydrogens is 196 g/mol. The minimum absolute atomic E-state index is 0.0623. The third-order valence-corrected chi connectivity index (χ3v) is 2.80. The van der Waals surface area contributed by atoms with Crippen LogP contribution in [0, 0.1) is 5.92 Å². The molecule has 2 rings (SSSR count). The predicted molar refractivity (Wildman–Crippen MR) is 54.7 cm³/mol. The van der Waals surface area contributed by atoms with E-state index in [2.05, 4.69) is 16.1 Å². The summed E-state index contributed by atoms with van der Waals surface area (Å²) in [6.07, 6.45) is 3.97. The van der Waals surface area contributed by atoms with Crippen molar-refractivity contribution < 1.29 is 14.7 Å². The molecule has 0 aromatic carbocycles. The maximum absolute atomic E-state index is 10.8. The molecule has 0 spiro atoms. The average Bonchev–Trinajstić information content (AvgIpc) is 2.72. The van der Waals surface area contributed by atoms with Gasteiger partial charge in [-0.2, -0.15) is 0 Å². The van der Waals surface area contributed by atoms with Crippen LogP contribution in [0.3, 0.4) is 0 Å². The highest BCUT2D eigenvalue weighted by Gasteiger charge is 2.44. The summed E-state index contributed by atoms with van der Waals surface area (Å²) in [5.41, 5.74) is 0.169. The Hall–Kier alpha value is -1.36. The van der Waals surface area contributed by atoms with Gasteiger partial charge in [-0.3, -0.25) is 4.90 Å². The number of hydrogen-bond donors (Lipinski definition) is 1. The molecule has 0 aromatic heterocycles. The van der Waals surface area contributed by atoms with Crippen LogP contribution in [0.15, 0.2) is 17.3 Å². The van der Waals surface area contributed by atoms with Crippen molar-refractivity contribution in [2.45, 2.75) is 13.0 Å². The second kappa shape index (κ2) is 4.02. The van der Waals surface area contributed by atoms with E-state index in [9.17, 15) is 4.79 Å². The Morgan fingerprint density at radius 2 is 2.53 bits per heavy atom. The number of allylic oxidation sites excluding steroid dienone is 1. The first kappa shape index (κ1) is 10.2. The van der Waals surface area contributed by atoms with Gasteiger partial charge in [0.25, 0.3) is 0 Å². The van der Waals surface area contributed by atoms with Crippen molar-refractivity contribution in [2.24, 2.45) is 11.1 Å². The van der Waals surface area contributed by atoms with Gasteiger partial charge in [0.15, 0.2) is 5.71 Å². The Bertz CT molecular complexity index is 325. The number of oxime groups is 1. The molecule has 1 N–H and O–H groups in total. The minimum atomic E-state index is -0.963. The summed E-state index contributed by atoms with van der Waals surface area (Å²) in [6.45, 7) is 4.30. The van der Waals surface area contributed by atoms with Crippen LogP contribution in [-0.4, -0.2) is 47.4 Å². The molecule has 2 unspecified atom stereocenters. The van der Waals surface area contributed by atoms with Crippen LogP contribution in [0.25, 0.3) is 0 Å². The van der Waals surface area contributed by atoms with Crippen molar-refractivity contribution in [1.82, 2.24) is 4.90 Å². The van der Waals surface area contributed by atoms with Gasteiger partial charge in [0.1, 0.15) is 6.10 Å². The molecule has 2 heterocycles. The van der Waals surface area contributed by atoms with Gasteiger partial charge in [0.2, 0.25) is 0 Å². The Kier molecular flexibility index (Phi) is 2.73. The van der Waals surface area contributed by atoms with E-state index in [1.807, 2.05) is 13.0 Å². The van der Waals surface area contributed by atoms with Gasteiger partial charge in [-0.25, -0.2) is 4.79 Å². The Morgan fingerprint density at radius 3 is 3.20 bits per heavy atom. The third kappa shape index (κ3) is 1.87. The summed E-state index contributed by atoms with van der Waals surface area (Å²) < 4.78 is 0. The Labute approximate surface area is 88.0 Å². The first-order valence-corrected chi connectivity index (χ1v) is 5.03. The summed E-state index contributed by atoms with van der Waals surface area (Å²) in [5.74, 6) is -1.02. The Morgan fingerprint density at radius 1 is 1.73 bits per heavy atom. The number of hydrogen-bond acceptors (Lipinski definition) is 4. The van der Waals surface area contributed by atoms with E-state index >= 15 is 0 Å². The van der Waals surface area contributed by atoms with Gasteiger partial charge in [-0.15, -0.1) is 0 Å². The van der Waals surface area contributed by atoms with E-state index in [0.717, 1.165) is 19.6 Å². The van der Waals surface area contributed by atoms with Crippen LogP contribution >= 0.6 is 0 Å². The second-order valence-electron chi connectivity index (χ2n) is 3.82. The topological polar surface area (TPSA) is 62.1 Å². The molecule has 5 heteroatoms. The molecule has 15 heavy (non-hydrogen) atoms. The molecule has 2 aliphatic heterocycles. The molecule has 5 nitrogen and oxygen atoms in total.